The Bertz CT molecular complexity index is 724. The molecule has 0 aliphatic carbocycles. The summed E-state index contributed by atoms with van der Waals surface area (Å²) in [4.78, 5) is 14.1. The van der Waals surface area contributed by atoms with Gasteiger partial charge in [-0.15, -0.1) is 23.1 Å². The van der Waals surface area contributed by atoms with Gasteiger partial charge in [0, 0.05) is 28.7 Å². The second kappa shape index (κ2) is 8.12. The predicted molar refractivity (Wildman–Crippen MR) is 94.8 cm³/mol. The molecule has 3 rings (SSSR count). The maximum Gasteiger partial charge on any atom is 0.230 e. The van der Waals surface area contributed by atoms with Gasteiger partial charge >= 0.3 is 0 Å². The number of benzene rings is 1. The first-order valence-corrected chi connectivity index (χ1v) is 9.26. The summed E-state index contributed by atoms with van der Waals surface area (Å²) in [6.45, 7) is 0.477. The van der Waals surface area contributed by atoms with Crippen molar-refractivity contribution >= 4 is 29.0 Å². The lowest BCUT2D eigenvalue weighted by Crippen LogP contribution is -2.32. The van der Waals surface area contributed by atoms with Crippen LogP contribution < -0.4 is 5.32 Å². The van der Waals surface area contributed by atoms with E-state index in [0.29, 0.717) is 12.3 Å². The molecule has 0 spiro atoms. The molecule has 0 saturated carbocycles. The van der Waals surface area contributed by atoms with Crippen LogP contribution in [0.15, 0.2) is 65.1 Å². The lowest BCUT2D eigenvalue weighted by atomic mass is 10.2. The number of hydrogen-bond acceptors (Lipinski definition) is 4. The van der Waals surface area contributed by atoms with Crippen LogP contribution in [0.5, 0.6) is 0 Å². The number of halogens is 1. The van der Waals surface area contributed by atoms with Crippen molar-refractivity contribution in [3.63, 3.8) is 0 Å². The first-order chi connectivity index (χ1) is 11.7. The van der Waals surface area contributed by atoms with Gasteiger partial charge in [-0.25, -0.2) is 4.39 Å². The zero-order valence-corrected chi connectivity index (χ0v) is 14.4. The van der Waals surface area contributed by atoms with Crippen molar-refractivity contribution in [2.45, 2.75) is 10.9 Å². The molecule has 1 aromatic carbocycles. The fourth-order valence-corrected chi connectivity index (χ4v) is 3.76. The van der Waals surface area contributed by atoms with Crippen molar-refractivity contribution in [1.29, 1.82) is 0 Å². The number of carbonyl (C=O) groups excluding carboxylic acids is 1. The predicted octanol–water partition coefficient (Wildman–Crippen LogP) is 3.58. The molecule has 0 fully saturated rings. The summed E-state index contributed by atoms with van der Waals surface area (Å²) < 4.78 is 14.7. The average molecular weight is 361 g/mol. The number of carbonyl (C=O) groups is 1. The van der Waals surface area contributed by atoms with Crippen molar-refractivity contribution in [2.24, 2.45) is 0 Å². The third-order valence-electron chi connectivity index (χ3n) is 3.39. The topological polar surface area (TPSA) is 46.9 Å². The van der Waals surface area contributed by atoms with Crippen LogP contribution in [0, 0.1) is 5.82 Å². The standard InChI is InChI=1S/C17H16FN3OS2/c18-13-4-6-14(7-5-13)24-12-17(22)19-11-15(16-3-1-10-23-16)21-9-2-8-20-21/h1-10,15H,11-12H2,(H,19,22). The number of hydrogen-bond donors (Lipinski definition) is 1. The summed E-state index contributed by atoms with van der Waals surface area (Å²) in [7, 11) is 0. The molecule has 0 bridgehead atoms. The van der Waals surface area contributed by atoms with Gasteiger partial charge in [0.05, 0.1) is 5.75 Å². The second-order valence-electron chi connectivity index (χ2n) is 5.06. The highest BCUT2D eigenvalue weighted by Gasteiger charge is 2.16. The minimum atomic E-state index is -0.276. The highest BCUT2D eigenvalue weighted by Crippen LogP contribution is 2.22. The van der Waals surface area contributed by atoms with Gasteiger partial charge < -0.3 is 5.32 Å². The summed E-state index contributed by atoms with van der Waals surface area (Å²) in [6, 6.07) is 12.0. The van der Waals surface area contributed by atoms with Gasteiger partial charge in [-0.3, -0.25) is 9.48 Å². The van der Waals surface area contributed by atoms with E-state index < -0.39 is 0 Å². The minimum absolute atomic E-state index is 0.0141. The van der Waals surface area contributed by atoms with Crippen molar-refractivity contribution < 1.29 is 9.18 Å². The van der Waals surface area contributed by atoms with Crippen molar-refractivity contribution in [1.82, 2.24) is 15.1 Å². The number of aromatic nitrogens is 2. The Morgan fingerprint density at radius 3 is 2.79 bits per heavy atom. The highest BCUT2D eigenvalue weighted by atomic mass is 32.2. The van der Waals surface area contributed by atoms with E-state index >= 15 is 0 Å². The minimum Gasteiger partial charge on any atom is -0.353 e. The van der Waals surface area contributed by atoms with Gasteiger partial charge in [-0.05, 0) is 41.8 Å². The molecule has 0 aliphatic rings. The average Bonchev–Trinajstić information content (AvgIpc) is 3.29. The molecule has 24 heavy (non-hydrogen) atoms. The van der Waals surface area contributed by atoms with Gasteiger partial charge in [-0.2, -0.15) is 5.10 Å². The van der Waals surface area contributed by atoms with Crippen LogP contribution in [0.4, 0.5) is 4.39 Å². The Morgan fingerprint density at radius 1 is 1.29 bits per heavy atom. The number of thioether (sulfide) groups is 1. The van der Waals surface area contributed by atoms with Crippen molar-refractivity contribution in [3.8, 4) is 0 Å². The van der Waals surface area contributed by atoms with Crippen LogP contribution in [-0.4, -0.2) is 28.0 Å². The quantitative estimate of drug-likeness (QED) is 0.654. The Labute approximate surface area is 147 Å². The zero-order chi connectivity index (χ0) is 16.8. The Hall–Kier alpha value is -2.12. The molecule has 1 unspecified atom stereocenters. The van der Waals surface area contributed by atoms with Crippen molar-refractivity contribution in [2.75, 3.05) is 12.3 Å². The molecule has 124 valence electrons. The number of nitrogens with zero attached hydrogens (tertiary/aromatic N) is 2. The van der Waals surface area contributed by atoms with Crippen LogP contribution >= 0.6 is 23.1 Å². The Balaban J connectivity index is 1.54. The zero-order valence-electron chi connectivity index (χ0n) is 12.8. The molecule has 0 radical (unpaired) electrons. The molecule has 1 atom stereocenters. The molecule has 1 N–H and O–H groups in total. The summed E-state index contributed by atoms with van der Waals surface area (Å²) in [6.07, 6.45) is 3.62. The number of amides is 1. The summed E-state index contributed by atoms with van der Waals surface area (Å²) in [5.74, 6) is -0.0399. The van der Waals surface area contributed by atoms with E-state index in [9.17, 15) is 9.18 Å². The molecule has 2 heterocycles. The SMILES string of the molecule is O=C(CSc1ccc(F)cc1)NCC(c1cccs1)n1cccn1. The highest BCUT2D eigenvalue weighted by molar-refractivity contribution is 8.00. The Morgan fingerprint density at radius 2 is 2.12 bits per heavy atom. The fraction of sp³-hybridized carbons (Fsp3) is 0.176. The van der Waals surface area contributed by atoms with E-state index in [1.54, 1.807) is 29.7 Å². The maximum atomic E-state index is 12.9. The van der Waals surface area contributed by atoms with E-state index in [0.717, 1.165) is 9.77 Å². The molecular weight excluding hydrogens is 345 g/mol. The Kier molecular flexibility index (Phi) is 5.66. The first-order valence-electron chi connectivity index (χ1n) is 7.40. The third kappa shape index (κ3) is 4.46. The van der Waals surface area contributed by atoms with E-state index in [4.69, 9.17) is 0 Å². The van der Waals surface area contributed by atoms with Gasteiger partial charge in [0.25, 0.3) is 0 Å². The van der Waals surface area contributed by atoms with Gasteiger partial charge in [0.15, 0.2) is 0 Å². The van der Waals surface area contributed by atoms with Crippen LogP contribution in [0.2, 0.25) is 0 Å². The number of rotatable bonds is 7. The molecule has 7 heteroatoms. The molecular formula is C17H16FN3OS2. The number of thiophene rings is 1. The van der Waals surface area contributed by atoms with E-state index in [-0.39, 0.29) is 17.8 Å². The lowest BCUT2D eigenvalue weighted by Gasteiger charge is -2.17. The molecule has 3 aromatic rings. The normalized spacial score (nSPS) is 12.0. The smallest absolute Gasteiger partial charge is 0.230 e. The monoisotopic (exact) mass is 361 g/mol. The fourth-order valence-electron chi connectivity index (χ4n) is 2.21. The van der Waals surface area contributed by atoms with E-state index in [2.05, 4.69) is 10.4 Å². The summed E-state index contributed by atoms with van der Waals surface area (Å²) in [5.41, 5.74) is 0. The van der Waals surface area contributed by atoms with E-state index in [1.807, 2.05) is 34.5 Å². The van der Waals surface area contributed by atoms with Gasteiger partial charge in [-0.1, -0.05) is 6.07 Å². The molecule has 0 aliphatic heterocycles. The van der Waals surface area contributed by atoms with Crippen LogP contribution in [0.25, 0.3) is 0 Å². The first kappa shape index (κ1) is 16.7. The largest absolute Gasteiger partial charge is 0.353 e. The summed E-state index contributed by atoms with van der Waals surface area (Å²) in [5, 5.41) is 9.25. The lowest BCUT2D eigenvalue weighted by molar-refractivity contribution is -0.118. The van der Waals surface area contributed by atoms with Crippen molar-refractivity contribution in [3.05, 3.63) is 70.9 Å². The molecule has 4 nitrogen and oxygen atoms in total. The third-order valence-corrected chi connectivity index (χ3v) is 5.38. The summed E-state index contributed by atoms with van der Waals surface area (Å²) >= 11 is 3.02. The van der Waals surface area contributed by atoms with Crippen LogP contribution in [-0.2, 0) is 4.79 Å². The van der Waals surface area contributed by atoms with Crippen LogP contribution in [0.1, 0.15) is 10.9 Å². The second-order valence-corrected chi connectivity index (χ2v) is 7.09. The van der Waals surface area contributed by atoms with E-state index in [1.165, 1.54) is 23.9 Å². The van der Waals surface area contributed by atoms with Crippen LogP contribution in [0.3, 0.4) is 0 Å². The maximum absolute atomic E-state index is 12.9. The molecule has 2 aromatic heterocycles. The van der Waals surface area contributed by atoms with Gasteiger partial charge in [0.2, 0.25) is 5.91 Å². The van der Waals surface area contributed by atoms with Gasteiger partial charge in [0.1, 0.15) is 11.9 Å². The molecule has 1 amide bonds. The molecule has 0 saturated heterocycles. The number of nitrogens with one attached hydrogen (secondary N) is 1.